The molecule has 0 heterocycles. The van der Waals surface area contributed by atoms with Crippen LogP contribution in [0.4, 0.5) is 4.79 Å². The fourth-order valence-corrected chi connectivity index (χ4v) is 4.16. The van der Waals surface area contributed by atoms with Crippen LogP contribution in [0.2, 0.25) is 0 Å². The van der Waals surface area contributed by atoms with Crippen molar-refractivity contribution < 1.29 is 33.8 Å². The molecule has 9 nitrogen and oxygen atoms in total. The highest BCUT2D eigenvalue weighted by atomic mass is 16.6. The Labute approximate surface area is 203 Å². The molecule has 0 radical (unpaired) electrons. The fraction of sp³-hybridized carbons (Fsp3) is 0.385. The van der Waals surface area contributed by atoms with Gasteiger partial charge in [0.05, 0.1) is 6.61 Å². The molecule has 0 aliphatic heterocycles. The number of benzene rings is 2. The van der Waals surface area contributed by atoms with E-state index in [0.717, 1.165) is 22.3 Å². The van der Waals surface area contributed by atoms with E-state index in [1.165, 1.54) is 0 Å². The molecule has 1 aliphatic carbocycles. The van der Waals surface area contributed by atoms with Gasteiger partial charge in [-0.3, -0.25) is 14.9 Å². The molecule has 0 spiro atoms. The van der Waals surface area contributed by atoms with E-state index in [2.05, 4.69) is 10.6 Å². The first-order valence-corrected chi connectivity index (χ1v) is 11.6. The fourth-order valence-electron chi connectivity index (χ4n) is 4.16. The number of carbonyl (C=O) groups excluding carboxylic acids is 3. The minimum atomic E-state index is -1.58. The van der Waals surface area contributed by atoms with Gasteiger partial charge in [0.25, 0.3) is 5.91 Å². The molecule has 3 N–H and O–H groups in total. The summed E-state index contributed by atoms with van der Waals surface area (Å²) in [5, 5.41) is 13.7. The molecule has 0 fully saturated rings. The van der Waals surface area contributed by atoms with Gasteiger partial charge in [0.2, 0.25) is 6.04 Å². The summed E-state index contributed by atoms with van der Waals surface area (Å²) >= 11 is 0. The molecule has 0 saturated heterocycles. The van der Waals surface area contributed by atoms with Gasteiger partial charge >= 0.3 is 18.0 Å². The first-order valence-electron chi connectivity index (χ1n) is 11.6. The second-order valence-corrected chi connectivity index (χ2v) is 8.44. The van der Waals surface area contributed by atoms with E-state index in [1.54, 1.807) is 13.8 Å². The largest absolute Gasteiger partial charge is 0.481 e. The van der Waals surface area contributed by atoms with Crippen molar-refractivity contribution in [2.75, 3.05) is 19.8 Å². The molecule has 2 amide bonds. The quantitative estimate of drug-likeness (QED) is 0.331. The number of rotatable bonds is 11. The van der Waals surface area contributed by atoms with Crippen LogP contribution in [-0.4, -0.2) is 54.8 Å². The number of nitrogens with one attached hydrogen (secondary N) is 2. The molecule has 2 aromatic carbocycles. The van der Waals surface area contributed by atoms with Crippen LogP contribution in [-0.2, 0) is 23.9 Å². The summed E-state index contributed by atoms with van der Waals surface area (Å²) in [5.74, 6) is -2.91. The molecule has 2 aromatic rings. The maximum atomic E-state index is 12.6. The van der Waals surface area contributed by atoms with Gasteiger partial charge in [-0.25, -0.2) is 9.59 Å². The van der Waals surface area contributed by atoms with Crippen molar-refractivity contribution in [3.8, 4) is 11.1 Å². The van der Waals surface area contributed by atoms with Gasteiger partial charge in [-0.15, -0.1) is 0 Å². The highest BCUT2D eigenvalue weighted by Gasteiger charge is 2.32. The van der Waals surface area contributed by atoms with Crippen molar-refractivity contribution in [3.05, 3.63) is 59.7 Å². The number of carboxylic acid groups (broad SMARTS) is 1. The third-order valence-electron chi connectivity index (χ3n) is 5.85. The lowest BCUT2D eigenvalue weighted by Gasteiger charge is -2.19. The maximum Gasteiger partial charge on any atom is 0.408 e. The zero-order valence-corrected chi connectivity index (χ0v) is 19.8. The molecule has 0 saturated carbocycles. The van der Waals surface area contributed by atoms with Gasteiger partial charge in [0.1, 0.15) is 6.61 Å². The van der Waals surface area contributed by atoms with E-state index in [1.807, 2.05) is 48.5 Å². The minimum absolute atomic E-state index is 0.0315. The summed E-state index contributed by atoms with van der Waals surface area (Å²) < 4.78 is 10.4. The summed E-state index contributed by atoms with van der Waals surface area (Å²) in [5.41, 5.74) is 4.24. The highest BCUT2D eigenvalue weighted by molar-refractivity contribution is 6.04. The van der Waals surface area contributed by atoms with Crippen LogP contribution < -0.4 is 10.6 Å². The van der Waals surface area contributed by atoms with Gasteiger partial charge < -0.3 is 19.9 Å². The number of ether oxygens (including phenoxy) is 2. The van der Waals surface area contributed by atoms with Crippen LogP contribution in [0.5, 0.6) is 0 Å². The standard InChI is InChI=1S/C26H30N2O7/c1-3-34-25(32)23(24(31)27-13-12-16(2)14-22(29)30)28-26(33)35-15-21-19-10-6-4-8-17(19)18-9-5-7-11-20(18)21/h4-11,16,21,23H,3,12-15H2,1-2H3,(H,27,31)(H,28,33)(H,29,30). The van der Waals surface area contributed by atoms with Crippen LogP contribution in [0.15, 0.2) is 48.5 Å². The molecule has 0 aromatic heterocycles. The van der Waals surface area contributed by atoms with Gasteiger partial charge in [0, 0.05) is 18.9 Å². The lowest BCUT2D eigenvalue weighted by atomic mass is 9.98. The number of alkyl carbamates (subject to hydrolysis) is 1. The van der Waals surface area contributed by atoms with Crippen molar-refractivity contribution >= 4 is 23.9 Å². The van der Waals surface area contributed by atoms with E-state index in [-0.39, 0.29) is 38.0 Å². The van der Waals surface area contributed by atoms with Crippen molar-refractivity contribution in [2.24, 2.45) is 5.92 Å². The third kappa shape index (κ3) is 6.59. The maximum absolute atomic E-state index is 12.6. The molecule has 0 bridgehead atoms. The van der Waals surface area contributed by atoms with Gasteiger partial charge in [-0.1, -0.05) is 55.5 Å². The Bertz CT molecular complexity index is 1040. The Balaban J connectivity index is 1.60. The predicted molar refractivity (Wildman–Crippen MR) is 128 cm³/mol. The van der Waals surface area contributed by atoms with E-state index in [9.17, 15) is 19.2 Å². The Kier molecular flexibility index (Phi) is 8.83. The SMILES string of the molecule is CCOC(=O)C(NC(=O)OCC1c2ccccc2-c2ccccc21)C(=O)NCCC(C)CC(=O)O. The molecular weight excluding hydrogens is 452 g/mol. The number of carboxylic acids is 1. The van der Waals surface area contributed by atoms with Crippen LogP contribution >= 0.6 is 0 Å². The first-order chi connectivity index (χ1) is 16.8. The predicted octanol–water partition coefficient (Wildman–Crippen LogP) is 3.07. The van der Waals surface area contributed by atoms with Gasteiger partial charge in [-0.05, 0) is 41.5 Å². The second-order valence-electron chi connectivity index (χ2n) is 8.44. The lowest BCUT2D eigenvalue weighted by Crippen LogP contribution is -2.52. The van der Waals surface area contributed by atoms with Gasteiger partial charge in [-0.2, -0.15) is 0 Å². The summed E-state index contributed by atoms with van der Waals surface area (Å²) in [6.07, 6.45) is -0.549. The summed E-state index contributed by atoms with van der Waals surface area (Å²) in [6.45, 7) is 3.55. The average molecular weight is 483 g/mol. The minimum Gasteiger partial charge on any atom is -0.481 e. The number of fused-ring (bicyclic) bond motifs is 3. The Morgan fingerprint density at radius 3 is 2.14 bits per heavy atom. The van der Waals surface area contributed by atoms with E-state index >= 15 is 0 Å². The van der Waals surface area contributed by atoms with Gasteiger partial charge in [0.15, 0.2) is 0 Å². The van der Waals surface area contributed by atoms with Crippen LogP contribution in [0, 0.1) is 5.92 Å². The third-order valence-corrected chi connectivity index (χ3v) is 5.85. The van der Waals surface area contributed by atoms with Crippen molar-refractivity contribution in [3.63, 3.8) is 0 Å². The number of carbonyl (C=O) groups is 4. The number of hydrogen-bond donors (Lipinski definition) is 3. The van der Waals surface area contributed by atoms with E-state index < -0.39 is 30.0 Å². The summed E-state index contributed by atoms with van der Waals surface area (Å²) in [4.78, 5) is 48.3. The second kappa shape index (κ2) is 12.0. The number of hydrogen-bond acceptors (Lipinski definition) is 6. The molecule has 3 rings (SSSR count). The van der Waals surface area contributed by atoms with E-state index in [4.69, 9.17) is 14.6 Å². The molecule has 186 valence electrons. The molecule has 35 heavy (non-hydrogen) atoms. The first kappa shape index (κ1) is 25.7. The summed E-state index contributed by atoms with van der Waals surface area (Å²) in [6, 6.07) is 14.2. The van der Waals surface area contributed by atoms with Crippen LogP contribution in [0.3, 0.4) is 0 Å². The smallest absolute Gasteiger partial charge is 0.408 e. The Hall–Kier alpha value is -3.88. The molecule has 2 atom stereocenters. The van der Waals surface area contributed by atoms with Crippen LogP contribution in [0.1, 0.15) is 43.7 Å². The molecular formula is C26H30N2O7. The molecule has 2 unspecified atom stereocenters. The zero-order chi connectivity index (χ0) is 25.4. The summed E-state index contributed by atoms with van der Waals surface area (Å²) in [7, 11) is 0. The topological polar surface area (TPSA) is 131 Å². The lowest BCUT2D eigenvalue weighted by molar-refractivity contribution is -0.149. The molecule has 1 aliphatic rings. The van der Waals surface area contributed by atoms with Crippen molar-refractivity contribution in [1.82, 2.24) is 10.6 Å². The zero-order valence-electron chi connectivity index (χ0n) is 19.8. The number of amides is 2. The molecule has 9 heteroatoms. The Morgan fingerprint density at radius 1 is 0.971 bits per heavy atom. The monoisotopic (exact) mass is 482 g/mol. The van der Waals surface area contributed by atoms with E-state index in [0.29, 0.717) is 6.42 Å². The average Bonchev–Trinajstić information content (AvgIpc) is 3.14. The normalized spacial score (nSPS) is 13.7. The van der Waals surface area contributed by atoms with Crippen molar-refractivity contribution in [1.29, 1.82) is 0 Å². The number of aliphatic carboxylic acids is 1. The number of esters is 1. The van der Waals surface area contributed by atoms with Crippen LogP contribution in [0.25, 0.3) is 11.1 Å². The highest BCUT2D eigenvalue weighted by Crippen LogP contribution is 2.44. The Morgan fingerprint density at radius 2 is 1.57 bits per heavy atom. The van der Waals surface area contributed by atoms with Crippen molar-refractivity contribution in [2.45, 2.75) is 38.6 Å².